The maximum absolute atomic E-state index is 12.9. The molecule has 2 aliphatic heterocycles. The molecule has 2 fully saturated rings. The zero-order valence-corrected chi connectivity index (χ0v) is 20.1. The topological polar surface area (TPSA) is 75.6 Å². The second-order valence-corrected chi connectivity index (χ2v) is 11.8. The first-order valence-electron chi connectivity index (χ1n) is 11.3. The predicted octanol–water partition coefficient (Wildman–Crippen LogP) is 4.24. The lowest BCUT2D eigenvalue weighted by atomic mass is 10.0. The van der Waals surface area contributed by atoms with E-state index in [1.54, 1.807) is 34.0 Å². The van der Waals surface area contributed by atoms with Crippen LogP contribution in [0.25, 0.3) is 10.2 Å². The second-order valence-electron chi connectivity index (χ2n) is 8.92. The first-order valence-corrected chi connectivity index (χ1v) is 13.6. The first kappa shape index (κ1) is 21.7. The molecule has 2 atom stereocenters. The Hall–Kier alpha value is -2.85. The highest BCUT2D eigenvalue weighted by Gasteiger charge is 2.44. The van der Waals surface area contributed by atoms with E-state index >= 15 is 0 Å². The molecule has 4 aromatic rings. The van der Waals surface area contributed by atoms with Gasteiger partial charge in [0.25, 0.3) is 5.19 Å². The van der Waals surface area contributed by atoms with Crippen LogP contribution in [-0.2, 0) is 16.6 Å². The van der Waals surface area contributed by atoms with Gasteiger partial charge in [-0.15, -0.1) is 0 Å². The van der Waals surface area contributed by atoms with E-state index in [4.69, 9.17) is 4.74 Å². The van der Waals surface area contributed by atoms with Gasteiger partial charge in [-0.3, -0.25) is 9.88 Å². The van der Waals surface area contributed by atoms with E-state index in [1.807, 2.05) is 36.4 Å². The summed E-state index contributed by atoms with van der Waals surface area (Å²) in [5, 5.41) is 0.645. The van der Waals surface area contributed by atoms with Crippen LogP contribution in [-0.4, -0.2) is 53.8 Å². The van der Waals surface area contributed by atoms with Crippen molar-refractivity contribution in [2.45, 2.75) is 11.4 Å². The van der Waals surface area contributed by atoms with Crippen molar-refractivity contribution < 1.29 is 13.2 Å². The second kappa shape index (κ2) is 8.74. The summed E-state index contributed by atoms with van der Waals surface area (Å²) in [4.78, 5) is 11.2. The molecule has 9 heteroatoms. The fourth-order valence-corrected chi connectivity index (χ4v) is 7.29. The van der Waals surface area contributed by atoms with Crippen LogP contribution in [0.2, 0.25) is 0 Å². The average Bonchev–Trinajstić information content (AvgIpc) is 3.54. The van der Waals surface area contributed by atoms with Gasteiger partial charge in [-0.2, -0.15) is 4.31 Å². The third-order valence-electron chi connectivity index (χ3n) is 6.61. The van der Waals surface area contributed by atoms with Crippen molar-refractivity contribution >= 4 is 31.6 Å². The Kier molecular flexibility index (Phi) is 5.57. The van der Waals surface area contributed by atoms with Gasteiger partial charge in [0.1, 0.15) is 10.6 Å². The van der Waals surface area contributed by atoms with Crippen molar-refractivity contribution in [2.24, 2.45) is 11.8 Å². The van der Waals surface area contributed by atoms with Crippen molar-refractivity contribution in [3.8, 4) is 10.9 Å². The normalized spacial score (nSPS) is 21.2. The van der Waals surface area contributed by atoms with Gasteiger partial charge >= 0.3 is 0 Å². The molecular formula is C25H24N4O3S2. The molecule has 2 saturated heterocycles. The van der Waals surface area contributed by atoms with Gasteiger partial charge in [0.2, 0.25) is 10.0 Å². The molecule has 0 N–H and O–H groups in total. The Balaban J connectivity index is 1.05. The smallest absolute Gasteiger partial charge is 0.279 e. The summed E-state index contributed by atoms with van der Waals surface area (Å²) in [6.45, 7) is 3.83. The lowest BCUT2D eigenvalue weighted by Gasteiger charge is -2.21. The molecule has 0 aliphatic carbocycles. The molecule has 0 radical (unpaired) electrons. The summed E-state index contributed by atoms with van der Waals surface area (Å²) in [5.74, 6) is 1.51. The van der Waals surface area contributed by atoms with Crippen LogP contribution in [0.3, 0.4) is 0 Å². The van der Waals surface area contributed by atoms with Crippen LogP contribution in [0, 0.1) is 11.8 Å². The zero-order chi connectivity index (χ0) is 23.1. The van der Waals surface area contributed by atoms with Crippen LogP contribution >= 0.6 is 11.3 Å². The third kappa shape index (κ3) is 4.20. The minimum Gasteiger partial charge on any atom is -0.431 e. The summed E-state index contributed by atoms with van der Waals surface area (Å²) in [6.07, 6.45) is 3.02. The van der Waals surface area contributed by atoms with E-state index in [2.05, 4.69) is 27.0 Å². The Labute approximate surface area is 202 Å². The first-order chi connectivity index (χ1) is 16.5. The molecule has 6 rings (SSSR count). The number of nitrogens with zero attached hydrogens (tertiary/aromatic N) is 4. The molecule has 0 saturated carbocycles. The highest BCUT2D eigenvalue weighted by Crippen LogP contribution is 2.35. The Morgan fingerprint density at radius 1 is 0.941 bits per heavy atom. The lowest BCUT2D eigenvalue weighted by Crippen LogP contribution is -2.33. The molecule has 4 heterocycles. The van der Waals surface area contributed by atoms with Crippen LogP contribution in [0.5, 0.6) is 10.9 Å². The fourth-order valence-electron chi connectivity index (χ4n) is 4.94. The molecule has 2 aliphatic rings. The van der Waals surface area contributed by atoms with Gasteiger partial charge in [-0.1, -0.05) is 35.6 Å². The van der Waals surface area contributed by atoms with E-state index < -0.39 is 10.0 Å². The Morgan fingerprint density at radius 2 is 1.71 bits per heavy atom. The maximum atomic E-state index is 12.9. The van der Waals surface area contributed by atoms with Gasteiger partial charge in [0.15, 0.2) is 0 Å². The molecule has 2 unspecified atom stereocenters. The average molecular weight is 493 g/mol. The van der Waals surface area contributed by atoms with Crippen LogP contribution < -0.4 is 4.74 Å². The van der Waals surface area contributed by atoms with Gasteiger partial charge in [-0.05, 0) is 53.8 Å². The minimum atomic E-state index is -3.46. The maximum Gasteiger partial charge on any atom is 0.279 e. The summed E-state index contributed by atoms with van der Waals surface area (Å²) in [6, 6.07) is 19.5. The zero-order valence-electron chi connectivity index (χ0n) is 18.4. The molecule has 0 amide bonds. The predicted molar refractivity (Wildman–Crippen MR) is 131 cm³/mol. The fraction of sp³-hybridized carbons (Fsp3) is 0.280. The summed E-state index contributed by atoms with van der Waals surface area (Å²) in [5.41, 5.74) is 2.17. The van der Waals surface area contributed by atoms with E-state index in [0.29, 0.717) is 30.1 Å². The standard InChI is InChI=1S/C25H24N4O3S2/c30-34(31,22-4-3-11-26-12-22)29-16-19-14-28(15-20(19)17-29)13-18-7-9-21(10-8-18)32-25-27-23-5-1-2-6-24(23)33-25/h1-12,19-20H,13-17H2. The number of likely N-dealkylation sites (tertiary alicyclic amines) is 1. The van der Waals surface area contributed by atoms with E-state index in [0.717, 1.165) is 35.6 Å². The summed E-state index contributed by atoms with van der Waals surface area (Å²) >= 11 is 1.54. The number of ether oxygens (including phenoxy) is 1. The number of pyridine rings is 1. The van der Waals surface area contributed by atoms with E-state index in [9.17, 15) is 8.42 Å². The van der Waals surface area contributed by atoms with E-state index in [-0.39, 0.29) is 4.90 Å². The largest absolute Gasteiger partial charge is 0.431 e. The van der Waals surface area contributed by atoms with Crippen molar-refractivity contribution in [3.63, 3.8) is 0 Å². The van der Waals surface area contributed by atoms with Crippen molar-refractivity contribution in [3.05, 3.63) is 78.6 Å². The van der Waals surface area contributed by atoms with Crippen LogP contribution in [0.4, 0.5) is 0 Å². The summed E-state index contributed by atoms with van der Waals surface area (Å²) < 4.78 is 34.5. The number of hydrogen-bond acceptors (Lipinski definition) is 7. The number of thiazole rings is 1. The molecule has 174 valence electrons. The van der Waals surface area contributed by atoms with Crippen molar-refractivity contribution in [1.29, 1.82) is 0 Å². The quantitative estimate of drug-likeness (QED) is 0.401. The molecule has 7 nitrogen and oxygen atoms in total. The molecule has 0 bridgehead atoms. The molecular weight excluding hydrogens is 468 g/mol. The number of rotatable bonds is 6. The number of para-hydroxylation sites is 1. The highest BCUT2D eigenvalue weighted by atomic mass is 32.2. The molecule has 34 heavy (non-hydrogen) atoms. The van der Waals surface area contributed by atoms with Gasteiger partial charge < -0.3 is 4.74 Å². The third-order valence-corrected chi connectivity index (χ3v) is 9.34. The lowest BCUT2D eigenvalue weighted by molar-refractivity contribution is 0.289. The molecule has 2 aromatic heterocycles. The van der Waals surface area contributed by atoms with Crippen LogP contribution in [0.15, 0.2) is 78.0 Å². The van der Waals surface area contributed by atoms with Crippen molar-refractivity contribution in [1.82, 2.24) is 19.2 Å². The van der Waals surface area contributed by atoms with Gasteiger partial charge in [0, 0.05) is 45.1 Å². The molecule has 0 spiro atoms. The number of benzene rings is 2. The van der Waals surface area contributed by atoms with Gasteiger partial charge in [0.05, 0.1) is 10.2 Å². The van der Waals surface area contributed by atoms with Crippen molar-refractivity contribution in [2.75, 3.05) is 26.2 Å². The molecule has 2 aromatic carbocycles. The number of fused-ring (bicyclic) bond motifs is 2. The van der Waals surface area contributed by atoms with Crippen LogP contribution in [0.1, 0.15) is 5.56 Å². The van der Waals surface area contributed by atoms with Gasteiger partial charge in [-0.25, -0.2) is 13.4 Å². The number of aromatic nitrogens is 2. The monoisotopic (exact) mass is 492 g/mol. The number of hydrogen-bond donors (Lipinski definition) is 0. The Bertz CT molecular complexity index is 1360. The van der Waals surface area contributed by atoms with E-state index in [1.165, 1.54) is 11.8 Å². The number of sulfonamides is 1. The SMILES string of the molecule is O=S(=O)(c1cccnc1)N1CC2CN(Cc3ccc(Oc4nc5ccccc5s4)cc3)CC2C1. The highest BCUT2D eigenvalue weighted by molar-refractivity contribution is 7.89. The summed E-state index contributed by atoms with van der Waals surface area (Å²) in [7, 11) is -3.46. The Morgan fingerprint density at radius 3 is 2.41 bits per heavy atom. The minimum absolute atomic E-state index is 0.278.